The topological polar surface area (TPSA) is 19.4 Å². The first kappa shape index (κ1) is 90.7. The zero-order valence-electron chi connectivity index (χ0n) is 79.4. The summed E-state index contributed by atoms with van der Waals surface area (Å²) in [6.45, 7) is 39.8. The molecular formula is C120H136N5+5. The van der Waals surface area contributed by atoms with E-state index in [1.807, 2.05) is 0 Å². The third-order valence-electron chi connectivity index (χ3n) is 26.9. The largest absolute Gasteiger partial charge is 0.212 e. The van der Waals surface area contributed by atoms with Gasteiger partial charge in [0.05, 0.1) is 0 Å². The van der Waals surface area contributed by atoms with E-state index < -0.39 is 0 Å². The van der Waals surface area contributed by atoms with E-state index in [1.165, 1.54) is 264 Å². The van der Waals surface area contributed by atoms with E-state index in [2.05, 4.69) is 462 Å². The molecule has 0 bridgehead atoms. The lowest BCUT2D eigenvalue weighted by Gasteiger charge is -2.23. The van der Waals surface area contributed by atoms with Crippen molar-refractivity contribution in [1.29, 1.82) is 0 Å². The average Bonchev–Trinajstić information content (AvgIpc) is 1.65. The predicted molar refractivity (Wildman–Crippen MR) is 529 cm³/mol. The van der Waals surface area contributed by atoms with Crippen LogP contribution in [0.25, 0.3) is 112 Å². The maximum atomic E-state index is 2.48. The number of benzene rings is 10. The van der Waals surface area contributed by atoms with Crippen molar-refractivity contribution in [3.05, 3.63) is 385 Å². The highest BCUT2D eigenvalue weighted by Gasteiger charge is 2.28. The summed E-state index contributed by atoms with van der Waals surface area (Å²) in [6.07, 6.45) is 23.4. The van der Waals surface area contributed by atoms with Crippen LogP contribution in [-0.4, -0.2) is 0 Å². The first-order chi connectivity index (χ1) is 60.0. The molecule has 0 amide bonds. The molecule has 5 heterocycles. The van der Waals surface area contributed by atoms with Gasteiger partial charge in [-0.25, -0.2) is 22.8 Å². The Morgan fingerprint density at radius 1 is 0.216 bits per heavy atom. The number of aryl methyl sites for hydroxylation is 21. The van der Waals surface area contributed by atoms with Crippen LogP contribution in [0.5, 0.6) is 0 Å². The first-order valence-electron chi connectivity index (χ1n) is 45.8. The number of nitrogens with zero attached hydrogens (tertiary/aromatic N) is 5. The van der Waals surface area contributed by atoms with Gasteiger partial charge in [-0.15, -0.1) is 0 Å². The second kappa shape index (κ2) is 40.7. The summed E-state index contributed by atoms with van der Waals surface area (Å²) in [7, 11) is 10.7. The maximum absolute atomic E-state index is 2.48. The van der Waals surface area contributed by atoms with Gasteiger partial charge in [0.25, 0.3) is 0 Å². The molecule has 17 rings (SSSR count). The van der Waals surface area contributed by atoms with Crippen molar-refractivity contribution in [1.82, 2.24) is 0 Å². The van der Waals surface area contributed by atoms with Gasteiger partial charge in [-0.05, 0) is 341 Å². The van der Waals surface area contributed by atoms with Crippen LogP contribution in [0.4, 0.5) is 0 Å². The number of pyridine rings is 5. The van der Waals surface area contributed by atoms with Crippen molar-refractivity contribution < 1.29 is 22.8 Å². The van der Waals surface area contributed by atoms with Crippen LogP contribution in [0.1, 0.15) is 195 Å². The molecule has 2 aliphatic rings. The fourth-order valence-corrected chi connectivity index (χ4v) is 19.4. The molecule has 125 heavy (non-hydrogen) atoms. The van der Waals surface area contributed by atoms with Crippen molar-refractivity contribution in [2.45, 2.75) is 200 Å². The average molecular weight is 1650 g/mol. The molecule has 5 nitrogen and oxygen atoms in total. The van der Waals surface area contributed by atoms with Crippen molar-refractivity contribution in [3.8, 4) is 112 Å². The predicted octanol–water partition coefficient (Wildman–Crippen LogP) is 29.0. The van der Waals surface area contributed by atoms with Crippen LogP contribution in [0.3, 0.4) is 0 Å². The second-order valence-corrected chi connectivity index (χ2v) is 36.7. The number of hydrogen-bond acceptors (Lipinski definition) is 0. The summed E-state index contributed by atoms with van der Waals surface area (Å²) >= 11 is 0. The van der Waals surface area contributed by atoms with E-state index in [4.69, 9.17) is 0 Å². The van der Waals surface area contributed by atoms with Gasteiger partial charge in [-0.1, -0.05) is 210 Å². The quantitative estimate of drug-likeness (QED) is 0.103. The van der Waals surface area contributed by atoms with E-state index in [1.54, 1.807) is 11.1 Å². The maximum Gasteiger partial charge on any atom is 0.212 e. The fraction of sp³-hybridized carbons (Fsp3) is 0.292. The minimum atomic E-state index is 0.529. The molecule has 0 aliphatic heterocycles. The molecule has 2 aliphatic carbocycles. The summed E-state index contributed by atoms with van der Waals surface area (Å²) in [5.41, 5.74) is 52.1. The zero-order chi connectivity index (χ0) is 89.0. The van der Waals surface area contributed by atoms with Gasteiger partial charge in [0.2, 0.25) is 28.5 Å². The molecule has 0 atom stereocenters. The van der Waals surface area contributed by atoms with E-state index in [0.29, 0.717) is 5.92 Å². The summed E-state index contributed by atoms with van der Waals surface area (Å²) in [5.74, 6) is 2.00. The third kappa shape index (κ3) is 21.2. The molecule has 0 unspecified atom stereocenters. The Labute approximate surface area is 750 Å². The van der Waals surface area contributed by atoms with E-state index in [9.17, 15) is 0 Å². The van der Waals surface area contributed by atoms with Crippen LogP contribution in [-0.2, 0) is 35.2 Å². The molecular weight excluding hydrogens is 1510 g/mol. The van der Waals surface area contributed by atoms with E-state index in [0.717, 1.165) is 11.8 Å². The molecule has 5 aromatic heterocycles. The Balaban J connectivity index is 0.000000134. The third-order valence-corrected chi connectivity index (χ3v) is 26.9. The van der Waals surface area contributed by atoms with Crippen LogP contribution >= 0.6 is 0 Å². The summed E-state index contributed by atoms with van der Waals surface area (Å²) in [6, 6.07) is 91.3. The zero-order valence-corrected chi connectivity index (χ0v) is 79.4. The molecule has 0 N–H and O–H groups in total. The van der Waals surface area contributed by atoms with Crippen LogP contribution < -0.4 is 22.8 Å². The lowest BCUT2D eigenvalue weighted by atomic mass is 9.82. The van der Waals surface area contributed by atoms with Crippen molar-refractivity contribution in [3.63, 3.8) is 0 Å². The normalized spacial score (nSPS) is 12.6. The highest BCUT2D eigenvalue weighted by Crippen LogP contribution is 2.42. The standard InChI is InChI=1S/C27H32N.C26H30N.C24H28N.C22H24N.C21H22N/c1-19-10-8-9-13-24(19)23-15-14-20(2)26(16-23)27-17-25(21(3)18-28(27)4)22-11-6-5-7-12-22;1-18-9-5-8-12-23(18)22-14-13-19(2)25(15-22)26-16-24(20(3)17-27(26)4)21-10-6-7-11-21;1-16(2)20-11-12-25(6)24(14-20)23-15-22(18(4)13-19(23)5)21-10-8-7-9-17(21)3;1-15-10-11-23(5)22(12-15)21-14-20(17(3)13-18(21)4)19-9-7-6-8-16(19)2;1-15-9-5-6-10-18(15)19-14-20(17(3)13-16(19)2)21-11-7-8-12-22(21)4/h8-10,13-18,22H,5-7,11-12H2,1-4H3;5,8-9,12-17,21H,6-7,10-11H2,1-4H3;7-16H,1-6H3;6-14H,1-5H3;5-14H,1-4H3/q5*+1. The fourth-order valence-electron chi connectivity index (χ4n) is 19.4. The molecule has 0 spiro atoms. The van der Waals surface area contributed by atoms with E-state index >= 15 is 0 Å². The minimum Gasteiger partial charge on any atom is -0.201 e. The summed E-state index contributed by atoms with van der Waals surface area (Å²) in [5, 5.41) is 0. The number of hydrogen-bond donors (Lipinski definition) is 0. The lowest BCUT2D eigenvalue weighted by Crippen LogP contribution is -2.32. The van der Waals surface area contributed by atoms with Gasteiger partial charge in [-0.3, -0.25) is 0 Å². The lowest BCUT2D eigenvalue weighted by molar-refractivity contribution is -0.661. The van der Waals surface area contributed by atoms with E-state index in [-0.39, 0.29) is 0 Å². The van der Waals surface area contributed by atoms with Gasteiger partial charge >= 0.3 is 0 Å². The molecule has 15 aromatic rings. The van der Waals surface area contributed by atoms with Gasteiger partial charge in [-0.2, -0.15) is 0 Å². The first-order valence-corrected chi connectivity index (χ1v) is 45.8. The SMILES string of the molecule is Cc1cc[n+](C)c(-c2cc(-c3ccccc3C)c(C)cc2C)c1.Cc1ccccc1-c1cc(-c2cc(C(C)C)cc[n+]2C)c(C)cc1C.Cc1ccccc1-c1cc(-c2cccc[n+]2C)c(C)cc1C.Cc1ccccc1-c1ccc(C)c(-c2cc(C3CCCC3)c(C)c[n+]2C)c1.Cc1ccccc1-c1ccc(C)c(-c2cc(C3CCCCC3)c(C)c[n+]2C)c1. The highest BCUT2D eigenvalue weighted by atomic mass is 14.9. The Morgan fingerprint density at radius 3 is 0.896 bits per heavy atom. The number of aromatic nitrogens is 5. The van der Waals surface area contributed by atoms with Crippen LogP contribution in [0, 0.1) is 111 Å². The van der Waals surface area contributed by atoms with Crippen molar-refractivity contribution in [2.75, 3.05) is 0 Å². The molecule has 2 fully saturated rings. The molecule has 0 radical (unpaired) electrons. The van der Waals surface area contributed by atoms with Crippen LogP contribution in [0.2, 0.25) is 0 Å². The van der Waals surface area contributed by atoms with Gasteiger partial charge in [0.15, 0.2) is 31.0 Å². The van der Waals surface area contributed by atoms with Crippen molar-refractivity contribution in [2.24, 2.45) is 35.2 Å². The number of rotatable bonds is 13. The Morgan fingerprint density at radius 2 is 0.520 bits per heavy atom. The smallest absolute Gasteiger partial charge is 0.201 e. The van der Waals surface area contributed by atoms with Crippen molar-refractivity contribution >= 4 is 0 Å². The molecule has 636 valence electrons. The Bertz CT molecular complexity index is 6320. The Kier molecular flexibility index (Phi) is 29.5. The monoisotopic (exact) mass is 1650 g/mol. The highest BCUT2D eigenvalue weighted by molar-refractivity contribution is 5.82. The van der Waals surface area contributed by atoms with Crippen LogP contribution in [0.15, 0.2) is 280 Å². The summed E-state index contributed by atoms with van der Waals surface area (Å²) in [4.78, 5) is 0. The molecule has 10 aromatic carbocycles. The second-order valence-electron chi connectivity index (χ2n) is 36.7. The molecule has 2 saturated carbocycles. The Hall–Kier alpha value is -12.1. The minimum absolute atomic E-state index is 0.529. The summed E-state index contributed by atoms with van der Waals surface area (Å²) < 4.78 is 11.2. The molecule has 0 saturated heterocycles. The van der Waals surface area contributed by atoms with Gasteiger partial charge < -0.3 is 0 Å². The molecule has 5 heteroatoms. The van der Waals surface area contributed by atoms with Gasteiger partial charge in [0.1, 0.15) is 35.2 Å². The van der Waals surface area contributed by atoms with Gasteiger partial charge in [0, 0.05) is 87.5 Å².